The van der Waals surface area contributed by atoms with Crippen molar-refractivity contribution in [3.63, 3.8) is 0 Å². The number of hydrogen-bond donors (Lipinski definition) is 0. The molecule has 0 spiro atoms. The number of carbonyl (C=O) groups is 1. The maximum absolute atomic E-state index is 12.7. The Balaban J connectivity index is 2.13. The summed E-state index contributed by atoms with van der Waals surface area (Å²) in [5, 5.41) is 0. The fourth-order valence-corrected chi connectivity index (χ4v) is 2.63. The van der Waals surface area contributed by atoms with Crippen molar-refractivity contribution in [2.24, 2.45) is 0 Å². The van der Waals surface area contributed by atoms with Crippen molar-refractivity contribution in [1.82, 2.24) is 14.9 Å². The highest BCUT2D eigenvalue weighted by molar-refractivity contribution is 5.92. The highest BCUT2D eigenvalue weighted by atomic mass is 16.2. The second-order valence-corrected chi connectivity index (χ2v) is 5.90. The van der Waals surface area contributed by atoms with Gasteiger partial charge in [0.1, 0.15) is 17.8 Å². The Bertz CT molecular complexity index is 639. The van der Waals surface area contributed by atoms with Crippen LogP contribution in [0.2, 0.25) is 0 Å². The zero-order valence-electron chi connectivity index (χ0n) is 14.8. The van der Waals surface area contributed by atoms with Gasteiger partial charge in [-0.3, -0.25) is 4.79 Å². The van der Waals surface area contributed by atoms with Gasteiger partial charge in [-0.25, -0.2) is 9.97 Å². The van der Waals surface area contributed by atoms with E-state index in [1.807, 2.05) is 35.0 Å². The van der Waals surface area contributed by atoms with E-state index in [1.54, 1.807) is 6.07 Å². The summed E-state index contributed by atoms with van der Waals surface area (Å²) in [5.41, 5.74) is 1.66. The summed E-state index contributed by atoms with van der Waals surface area (Å²) in [4.78, 5) is 25.1. The van der Waals surface area contributed by atoms with Gasteiger partial charge >= 0.3 is 0 Å². The summed E-state index contributed by atoms with van der Waals surface area (Å²) in [7, 11) is 1.97. The van der Waals surface area contributed by atoms with Gasteiger partial charge in [-0.15, -0.1) is 0 Å². The summed E-state index contributed by atoms with van der Waals surface area (Å²) in [6.07, 6.45) is 3.36. The maximum atomic E-state index is 12.7. The molecule has 0 aliphatic rings. The van der Waals surface area contributed by atoms with Crippen LogP contribution in [0.15, 0.2) is 42.7 Å². The minimum Gasteiger partial charge on any atom is -0.355 e. The lowest BCUT2D eigenvalue weighted by Crippen LogP contribution is -2.33. The van der Waals surface area contributed by atoms with Gasteiger partial charge < -0.3 is 9.80 Å². The standard InChI is InChI=1S/C19H26N4O/c1-4-11-23(12-5-2)19(24)17-13-18(21-15-20-17)22(3)14-16-9-7-6-8-10-16/h6-10,13,15H,4-5,11-12,14H2,1-3H3. The van der Waals surface area contributed by atoms with Crippen LogP contribution in [0.4, 0.5) is 5.82 Å². The molecule has 24 heavy (non-hydrogen) atoms. The third-order valence-electron chi connectivity index (χ3n) is 3.80. The van der Waals surface area contributed by atoms with Crippen molar-refractivity contribution < 1.29 is 4.79 Å². The van der Waals surface area contributed by atoms with Gasteiger partial charge in [0.15, 0.2) is 0 Å². The van der Waals surface area contributed by atoms with E-state index in [1.165, 1.54) is 11.9 Å². The van der Waals surface area contributed by atoms with Gasteiger partial charge in [-0.05, 0) is 18.4 Å². The Kier molecular flexibility index (Phi) is 6.73. The first-order valence-electron chi connectivity index (χ1n) is 8.52. The van der Waals surface area contributed by atoms with E-state index in [2.05, 4.69) is 35.9 Å². The lowest BCUT2D eigenvalue weighted by Gasteiger charge is -2.22. The van der Waals surface area contributed by atoms with Crippen LogP contribution >= 0.6 is 0 Å². The maximum Gasteiger partial charge on any atom is 0.272 e. The molecule has 5 heteroatoms. The monoisotopic (exact) mass is 326 g/mol. The normalized spacial score (nSPS) is 10.5. The molecule has 0 fully saturated rings. The highest BCUT2D eigenvalue weighted by Crippen LogP contribution is 2.14. The van der Waals surface area contributed by atoms with Gasteiger partial charge in [-0.2, -0.15) is 0 Å². The number of benzene rings is 1. The predicted octanol–water partition coefficient (Wildman–Crippen LogP) is 3.38. The van der Waals surface area contributed by atoms with Crippen LogP contribution in [-0.2, 0) is 6.54 Å². The van der Waals surface area contributed by atoms with Crippen LogP contribution in [0.25, 0.3) is 0 Å². The van der Waals surface area contributed by atoms with E-state index < -0.39 is 0 Å². The van der Waals surface area contributed by atoms with E-state index in [4.69, 9.17) is 0 Å². The van der Waals surface area contributed by atoms with Gasteiger partial charge in [0, 0.05) is 32.7 Å². The van der Waals surface area contributed by atoms with Crippen LogP contribution in [-0.4, -0.2) is 40.9 Å². The molecule has 1 heterocycles. The number of hydrogen-bond acceptors (Lipinski definition) is 4. The molecule has 0 atom stereocenters. The molecular formula is C19H26N4O. The van der Waals surface area contributed by atoms with Crippen molar-refractivity contribution in [1.29, 1.82) is 0 Å². The van der Waals surface area contributed by atoms with E-state index in [0.29, 0.717) is 5.69 Å². The minimum atomic E-state index is -0.0181. The lowest BCUT2D eigenvalue weighted by atomic mass is 10.2. The molecule has 0 bridgehead atoms. The number of carbonyl (C=O) groups excluding carboxylic acids is 1. The lowest BCUT2D eigenvalue weighted by molar-refractivity contribution is 0.0749. The van der Waals surface area contributed by atoms with Crippen molar-refractivity contribution >= 4 is 11.7 Å². The van der Waals surface area contributed by atoms with Gasteiger partial charge in [0.2, 0.25) is 0 Å². The second-order valence-electron chi connectivity index (χ2n) is 5.90. The molecule has 0 aliphatic heterocycles. The Morgan fingerprint density at radius 1 is 1.04 bits per heavy atom. The second kappa shape index (κ2) is 9.01. The molecule has 2 aromatic rings. The van der Waals surface area contributed by atoms with E-state index >= 15 is 0 Å². The summed E-state index contributed by atoms with van der Waals surface area (Å²) in [5.74, 6) is 0.737. The molecule has 1 amide bonds. The number of aromatic nitrogens is 2. The first-order chi connectivity index (χ1) is 11.7. The van der Waals surface area contributed by atoms with Crippen LogP contribution in [0.3, 0.4) is 0 Å². The Hall–Kier alpha value is -2.43. The number of nitrogens with zero attached hydrogens (tertiary/aromatic N) is 4. The van der Waals surface area contributed by atoms with E-state index in [0.717, 1.165) is 38.3 Å². The van der Waals surface area contributed by atoms with Crippen molar-refractivity contribution in [2.45, 2.75) is 33.2 Å². The van der Waals surface area contributed by atoms with Crippen molar-refractivity contribution in [2.75, 3.05) is 25.0 Å². The third-order valence-corrected chi connectivity index (χ3v) is 3.80. The first kappa shape index (κ1) is 17.9. The van der Waals surface area contributed by atoms with Crippen molar-refractivity contribution in [3.8, 4) is 0 Å². The minimum absolute atomic E-state index is 0.0181. The molecule has 0 saturated heterocycles. The topological polar surface area (TPSA) is 49.3 Å². The molecule has 5 nitrogen and oxygen atoms in total. The first-order valence-corrected chi connectivity index (χ1v) is 8.52. The average Bonchev–Trinajstić information content (AvgIpc) is 2.62. The molecule has 0 radical (unpaired) electrons. The van der Waals surface area contributed by atoms with Gasteiger partial charge in [0.05, 0.1) is 0 Å². The molecule has 1 aromatic heterocycles. The van der Waals surface area contributed by atoms with Crippen LogP contribution in [0.5, 0.6) is 0 Å². The molecule has 0 aliphatic carbocycles. The molecule has 0 N–H and O–H groups in total. The largest absolute Gasteiger partial charge is 0.355 e. The highest BCUT2D eigenvalue weighted by Gasteiger charge is 2.17. The summed E-state index contributed by atoms with van der Waals surface area (Å²) >= 11 is 0. The SMILES string of the molecule is CCCN(CCC)C(=O)c1cc(N(C)Cc2ccccc2)ncn1. The molecule has 0 unspecified atom stereocenters. The zero-order valence-corrected chi connectivity index (χ0v) is 14.8. The summed E-state index contributed by atoms with van der Waals surface area (Å²) in [6.45, 7) is 6.40. The van der Waals surface area contributed by atoms with Crippen LogP contribution in [0.1, 0.15) is 42.7 Å². The number of amides is 1. The number of rotatable bonds is 8. The molecule has 2 rings (SSSR count). The smallest absolute Gasteiger partial charge is 0.272 e. The zero-order chi connectivity index (χ0) is 17.4. The molecular weight excluding hydrogens is 300 g/mol. The van der Waals surface area contributed by atoms with Gasteiger partial charge in [-0.1, -0.05) is 44.2 Å². The Labute approximate surface area is 144 Å². The Morgan fingerprint density at radius 2 is 1.71 bits per heavy atom. The van der Waals surface area contributed by atoms with Crippen LogP contribution < -0.4 is 4.90 Å². The summed E-state index contributed by atoms with van der Waals surface area (Å²) in [6, 6.07) is 12.0. The Morgan fingerprint density at radius 3 is 2.33 bits per heavy atom. The summed E-state index contributed by atoms with van der Waals surface area (Å²) < 4.78 is 0. The van der Waals surface area contributed by atoms with E-state index in [9.17, 15) is 4.79 Å². The fraction of sp³-hybridized carbons (Fsp3) is 0.421. The molecule has 1 aromatic carbocycles. The fourth-order valence-electron chi connectivity index (χ4n) is 2.63. The molecule has 128 valence electrons. The number of anilines is 1. The molecule has 0 saturated carbocycles. The third kappa shape index (κ3) is 4.78. The van der Waals surface area contributed by atoms with Crippen LogP contribution in [0, 0.1) is 0 Å². The van der Waals surface area contributed by atoms with Gasteiger partial charge in [0.25, 0.3) is 5.91 Å². The van der Waals surface area contributed by atoms with Crippen molar-refractivity contribution in [3.05, 3.63) is 54.0 Å². The quantitative estimate of drug-likeness (QED) is 0.746. The average molecular weight is 326 g/mol. The van der Waals surface area contributed by atoms with E-state index in [-0.39, 0.29) is 5.91 Å². The predicted molar refractivity (Wildman–Crippen MR) is 97.1 cm³/mol.